The second-order valence-electron chi connectivity index (χ2n) is 6.49. The van der Waals surface area contributed by atoms with Gasteiger partial charge in [-0.05, 0) is 60.3 Å². The van der Waals surface area contributed by atoms with Crippen LogP contribution in [0, 0.1) is 0 Å². The van der Waals surface area contributed by atoms with Crippen LogP contribution in [0.2, 0.25) is 0 Å². The smallest absolute Gasteiger partial charge is 0.338 e. The van der Waals surface area contributed by atoms with Crippen LogP contribution in [0.25, 0.3) is 0 Å². The Labute approximate surface area is 161 Å². The van der Waals surface area contributed by atoms with Gasteiger partial charge in [-0.15, -0.1) is 0 Å². The van der Waals surface area contributed by atoms with E-state index in [1.165, 1.54) is 22.5 Å². The number of esters is 1. The van der Waals surface area contributed by atoms with Gasteiger partial charge >= 0.3 is 5.97 Å². The Hall–Kier alpha value is -0.970. The third-order valence-electron chi connectivity index (χ3n) is 4.47. The number of benzene rings is 1. The van der Waals surface area contributed by atoms with E-state index < -0.39 is 31.9 Å². The molecule has 0 N–H and O–H groups in total. The molecule has 1 saturated carbocycles. The summed E-state index contributed by atoms with van der Waals surface area (Å²) in [4.78, 5) is 11.9. The first-order valence-electron chi connectivity index (χ1n) is 8.36. The topological polar surface area (TPSA) is 97.8 Å². The Morgan fingerprint density at radius 3 is 2.46 bits per heavy atom. The number of carbonyl (C=O) groups excluding carboxylic acids is 1. The van der Waals surface area contributed by atoms with Gasteiger partial charge in [-0.1, -0.05) is 0 Å². The van der Waals surface area contributed by atoms with Crippen molar-refractivity contribution < 1.29 is 26.4 Å². The lowest BCUT2D eigenvalue weighted by atomic mass is 10.2. The van der Waals surface area contributed by atoms with Gasteiger partial charge in [0.2, 0.25) is 10.0 Å². The first-order chi connectivity index (χ1) is 12.2. The fraction of sp³-hybridized carbons (Fsp3) is 0.562. The largest absolute Gasteiger partial charge is 0.462 e. The highest BCUT2D eigenvalue weighted by Crippen LogP contribution is 2.38. The van der Waals surface area contributed by atoms with Gasteiger partial charge < -0.3 is 4.74 Å². The van der Waals surface area contributed by atoms with E-state index in [-0.39, 0.29) is 39.1 Å². The minimum Gasteiger partial charge on any atom is -0.462 e. The van der Waals surface area contributed by atoms with Crippen molar-refractivity contribution in [2.75, 3.05) is 18.1 Å². The van der Waals surface area contributed by atoms with Crippen LogP contribution in [-0.4, -0.2) is 57.3 Å². The molecule has 1 heterocycles. The molecule has 1 aliphatic carbocycles. The molecule has 0 bridgehead atoms. The maximum Gasteiger partial charge on any atom is 0.338 e. The van der Waals surface area contributed by atoms with Crippen molar-refractivity contribution in [1.82, 2.24) is 4.31 Å². The predicted molar refractivity (Wildman–Crippen MR) is 99.2 cm³/mol. The number of hydrogen-bond acceptors (Lipinski definition) is 6. The van der Waals surface area contributed by atoms with Gasteiger partial charge in [-0.2, -0.15) is 4.31 Å². The average molecular weight is 466 g/mol. The van der Waals surface area contributed by atoms with E-state index in [0.717, 1.165) is 12.8 Å². The molecule has 0 spiro atoms. The first-order valence-corrected chi connectivity index (χ1v) is 12.4. The Morgan fingerprint density at radius 1 is 1.27 bits per heavy atom. The molecule has 2 aliphatic rings. The number of halogens is 1. The van der Waals surface area contributed by atoms with Crippen LogP contribution in [0.1, 0.15) is 36.5 Å². The lowest BCUT2D eigenvalue weighted by Crippen LogP contribution is -2.42. The first kappa shape index (κ1) is 19.8. The molecule has 1 atom stereocenters. The number of carbonyl (C=O) groups is 1. The molecule has 26 heavy (non-hydrogen) atoms. The Bertz CT molecular complexity index is 924. The van der Waals surface area contributed by atoms with E-state index >= 15 is 0 Å². The predicted octanol–water partition coefficient (Wildman–Crippen LogP) is 1.97. The van der Waals surface area contributed by atoms with Crippen LogP contribution in [0.4, 0.5) is 0 Å². The summed E-state index contributed by atoms with van der Waals surface area (Å²) in [5.41, 5.74) is 0.249. The Balaban J connectivity index is 1.94. The normalized spacial score (nSPS) is 22.5. The summed E-state index contributed by atoms with van der Waals surface area (Å²) in [6, 6.07) is 3.50. The number of sulfone groups is 1. The maximum absolute atomic E-state index is 13.2. The second-order valence-corrected chi connectivity index (χ2v) is 11.4. The van der Waals surface area contributed by atoms with Crippen molar-refractivity contribution in [3.05, 3.63) is 28.2 Å². The van der Waals surface area contributed by atoms with Crippen molar-refractivity contribution in [3.8, 4) is 0 Å². The number of rotatable bonds is 6. The molecule has 0 amide bonds. The van der Waals surface area contributed by atoms with E-state index in [2.05, 4.69) is 15.9 Å². The number of nitrogens with zero attached hydrogens (tertiary/aromatic N) is 1. The summed E-state index contributed by atoms with van der Waals surface area (Å²) in [6.45, 7) is 1.91. The highest BCUT2D eigenvalue weighted by Gasteiger charge is 2.46. The van der Waals surface area contributed by atoms with Crippen LogP contribution >= 0.6 is 15.9 Å². The summed E-state index contributed by atoms with van der Waals surface area (Å²) in [6.07, 6.45) is 1.78. The van der Waals surface area contributed by atoms with Gasteiger partial charge in [-0.25, -0.2) is 21.6 Å². The van der Waals surface area contributed by atoms with Crippen LogP contribution in [0.5, 0.6) is 0 Å². The number of ether oxygens (including phenoxy) is 1. The molecule has 1 unspecified atom stereocenters. The minimum absolute atomic E-state index is 0.0133. The van der Waals surface area contributed by atoms with E-state index in [1.54, 1.807) is 6.92 Å². The van der Waals surface area contributed by atoms with Crippen molar-refractivity contribution in [1.29, 1.82) is 0 Å². The molecule has 1 aromatic carbocycles. The molecular formula is C16H20BrNO6S2. The lowest BCUT2D eigenvalue weighted by molar-refractivity contribution is 0.0526. The van der Waals surface area contributed by atoms with Crippen LogP contribution in [0.15, 0.2) is 27.6 Å². The van der Waals surface area contributed by atoms with Crippen molar-refractivity contribution in [3.63, 3.8) is 0 Å². The molecule has 10 heteroatoms. The van der Waals surface area contributed by atoms with Gasteiger partial charge in [0.25, 0.3) is 0 Å². The monoisotopic (exact) mass is 465 g/mol. The molecule has 0 radical (unpaired) electrons. The van der Waals surface area contributed by atoms with Gasteiger partial charge in [0.15, 0.2) is 9.84 Å². The highest BCUT2D eigenvalue weighted by atomic mass is 79.9. The van der Waals surface area contributed by atoms with Gasteiger partial charge in [0, 0.05) is 16.6 Å². The molecule has 3 rings (SSSR count). The zero-order valence-electron chi connectivity index (χ0n) is 14.2. The molecule has 1 aromatic rings. The fourth-order valence-electron chi connectivity index (χ4n) is 3.16. The Morgan fingerprint density at radius 2 is 1.96 bits per heavy atom. The maximum atomic E-state index is 13.2. The van der Waals surface area contributed by atoms with E-state index in [1.807, 2.05) is 0 Å². The van der Waals surface area contributed by atoms with Crippen LogP contribution in [0.3, 0.4) is 0 Å². The van der Waals surface area contributed by atoms with Gasteiger partial charge in [0.1, 0.15) is 0 Å². The lowest BCUT2D eigenvalue weighted by Gasteiger charge is -2.27. The molecule has 0 aromatic heterocycles. The van der Waals surface area contributed by atoms with Gasteiger partial charge in [-0.3, -0.25) is 0 Å². The molecule has 1 aliphatic heterocycles. The summed E-state index contributed by atoms with van der Waals surface area (Å²) in [5.74, 6) is -0.654. The zero-order chi connectivity index (χ0) is 19.1. The van der Waals surface area contributed by atoms with Crippen molar-refractivity contribution in [2.24, 2.45) is 0 Å². The number of sulfonamides is 1. The SMILES string of the molecule is CCOC(=O)c1ccc(S(=O)(=O)N(C2CC2)C2CCS(=O)(=O)C2)c(Br)c1. The van der Waals surface area contributed by atoms with Crippen LogP contribution in [-0.2, 0) is 24.6 Å². The van der Waals surface area contributed by atoms with E-state index in [0.29, 0.717) is 6.42 Å². The average Bonchev–Trinajstić information content (AvgIpc) is 3.30. The highest BCUT2D eigenvalue weighted by molar-refractivity contribution is 9.10. The summed E-state index contributed by atoms with van der Waals surface area (Å²) in [7, 11) is -7.09. The standard InChI is InChI=1S/C16H20BrNO6S2/c1-2-24-16(19)11-3-6-15(14(17)9-11)26(22,23)18(12-4-5-12)13-7-8-25(20,21)10-13/h3,6,9,12-13H,2,4-5,7-8,10H2,1H3. The quantitative estimate of drug-likeness (QED) is 0.595. The summed E-state index contributed by atoms with van der Waals surface area (Å²) >= 11 is 3.24. The van der Waals surface area contributed by atoms with Gasteiger partial charge in [0.05, 0.1) is 28.6 Å². The second kappa shape index (κ2) is 7.21. The van der Waals surface area contributed by atoms with E-state index in [9.17, 15) is 21.6 Å². The fourth-order valence-corrected chi connectivity index (χ4v) is 7.91. The third kappa shape index (κ3) is 3.97. The summed E-state index contributed by atoms with van der Waals surface area (Å²) in [5, 5.41) is 0. The third-order valence-corrected chi connectivity index (χ3v) is 9.21. The zero-order valence-corrected chi connectivity index (χ0v) is 17.4. The molecular weight excluding hydrogens is 446 g/mol. The molecule has 1 saturated heterocycles. The van der Waals surface area contributed by atoms with E-state index in [4.69, 9.17) is 4.74 Å². The summed E-state index contributed by atoms with van der Waals surface area (Å²) < 4.78 is 56.6. The minimum atomic E-state index is -3.89. The Kier molecular flexibility index (Phi) is 5.49. The molecule has 144 valence electrons. The molecule has 2 fully saturated rings. The molecule has 7 nitrogen and oxygen atoms in total. The van der Waals surface area contributed by atoms with Crippen molar-refractivity contribution >= 4 is 41.8 Å². The number of hydrogen-bond donors (Lipinski definition) is 0. The van der Waals surface area contributed by atoms with Crippen LogP contribution < -0.4 is 0 Å². The van der Waals surface area contributed by atoms with Crippen molar-refractivity contribution in [2.45, 2.75) is 43.2 Å².